The molecule has 0 atom stereocenters. The van der Waals surface area contributed by atoms with Gasteiger partial charge in [0.2, 0.25) is 11.0 Å². The van der Waals surface area contributed by atoms with Crippen LogP contribution in [0.3, 0.4) is 0 Å². The maximum absolute atomic E-state index is 8.78. The molecular weight excluding hydrogens is 487 g/mol. The van der Waals surface area contributed by atoms with Gasteiger partial charge in [-0.1, -0.05) is 49.9 Å². The zero-order valence-electron chi connectivity index (χ0n) is 25.2. The minimum Gasteiger partial charge on any atom is -1.00 e. The first-order valence-electron chi connectivity index (χ1n) is 14.4. The zero-order valence-corrected chi connectivity index (χ0v) is 22.7. The van der Waals surface area contributed by atoms with E-state index in [1.54, 1.807) is 9.13 Å². The third-order valence-corrected chi connectivity index (χ3v) is 6.49. The van der Waals surface area contributed by atoms with Crippen molar-refractivity contribution in [2.24, 2.45) is 0 Å². The first-order chi connectivity index (χ1) is 18.0. The molecule has 0 radical (unpaired) electrons. The summed E-state index contributed by atoms with van der Waals surface area (Å²) in [5.41, 5.74) is 17.0. The Morgan fingerprint density at radius 1 is 0.583 bits per heavy atom. The van der Waals surface area contributed by atoms with E-state index < -0.39 is 13.0 Å². The first-order valence-corrected chi connectivity index (χ1v) is 12.4. The van der Waals surface area contributed by atoms with Crippen molar-refractivity contribution in [3.8, 4) is 0 Å². The lowest BCUT2D eigenvalue weighted by Gasteiger charge is -2.08. The van der Waals surface area contributed by atoms with E-state index in [2.05, 4.69) is 0 Å². The molecule has 0 bridgehead atoms. The van der Waals surface area contributed by atoms with Gasteiger partial charge in [0.25, 0.3) is 0 Å². The van der Waals surface area contributed by atoms with Crippen molar-refractivity contribution in [2.45, 2.75) is 78.2 Å². The molecule has 0 aliphatic carbocycles. The maximum Gasteiger partial charge on any atom is 0.214 e. The molecule has 2 aromatic carbocycles. The van der Waals surface area contributed by atoms with Crippen LogP contribution in [-0.2, 0) is 13.0 Å². The molecule has 0 saturated heterocycles. The number of aryl methyl sites for hydroxylation is 4. The van der Waals surface area contributed by atoms with Gasteiger partial charge in [-0.05, 0) is 25.0 Å². The van der Waals surface area contributed by atoms with E-state index in [0.29, 0.717) is 24.2 Å². The highest BCUT2D eigenvalue weighted by Crippen LogP contribution is 2.20. The predicted octanol–water partition coefficient (Wildman–Crippen LogP) is 0.178. The fourth-order valence-corrected chi connectivity index (χ4v) is 4.70. The van der Waals surface area contributed by atoms with E-state index in [1.807, 2.05) is 74.5 Å². The van der Waals surface area contributed by atoms with Crippen LogP contribution in [0.2, 0.25) is 0 Å². The highest BCUT2D eigenvalue weighted by Gasteiger charge is 2.15. The van der Waals surface area contributed by atoms with Crippen molar-refractivity contribution in [2.75, 3.05) is 11.5 Å². The second-order valence-electron chi connectivity index (χ2n) is 9.12. The maximum atomic E-state index is 8.78. The number of fused-ring (bicyclic) bond motifs is 2. The molecule has 0 spiro atoms. The van der Waals surface area contributed by atoms with Crippen molar-refractivity contribution in [3.05, 3.63) is 72.1 Å². The standard InChI is InChI=1S/C30H38N4.2ClH/c1-23-21-27(31)25-15-9-11-17-29(25)33(23)19-13-7-5-3-4-6-8-14-20-34-24(2)22-28(32)26-16-10-12-18-30(26)34;;/h9-12,15-18,21-22,31-32H,3-8,13-14,19-20H2,1-2H3;2*1H/i19D2,20D2;;. The van der Waals surface area contributed by atoms with E-state index in [1.165, 1.54) is 0 Å². The third kappa shape index (κ3) is 7.02. The Labute approximate surface area is 234 Å². The molecule has 0 fully saturated rings. The van der Waals surface area contributed by atoms with Gasteiger partial charge >= 0.3 is 0 Å². The van der Waals surface area contributed by atoms with Crippen molar-refractivity contribution < 1.29 is 39.4 Å². The van der Waals surface area contributed by atoms with E-state index in [9.17, 15) is 0 Å². The number of benzene rings is 2. The largest absolute Gasteiger partial charge is 1.00 e. The molecule has 2 aromatic heterocycles. The van der Waals surface area contributed by atoms with Crippen LogP contribution in [0.4, 0.5) is 11.4 Å². The number of unbranched alkanes of at least 4 members (excludes halogenated alkanes) is 5. The number of nitrogen functional groups attached to an aromatic ring is 2. The Bertz CT molecular complexity index is 1340. The number of hydrogen-bond donors (Lipinski definition) is 2. The van der Waals surface area contributed by atoms with Crippen molar-refractivity contribution in [3.63, 3.8) is 0 Å². The van der Waals surface area contributed by atoms with Crippen molar-refractivity contribution in [1.29, 1.82) is 0 Å². The van der Waals surface area contributed by atoms with Crippen LogP contribution in [0.5, 0.6) is 0 Å². The summed E-state index contributed by atoms with van der Waals surface area (Å²) in [6.45, 7) is 0.827. The van der Waals surface area contributed by atoms with Gasteiger partial charge < -0.3 is 36.3 Å². The Hall–Kier alpha value is -2.56. The van der Waals surface area contributed by atoms with Crippen LogP contribution in [0, 0.1) is 13.8 Å². The summed E-state index contributed by atoms with van der Waals surface area (Å²) in [6.07, 6.45) is 6.41. The molecule has 0 unspecified atom stereocenters. The highest BCUT2D eigenvalue weighted by atomic mass is 35.5. The number of aromatic nitrogens is 2. The normalized spacial score (nSPS) is 13.3. The minimum atomic E-state index is -1.50. The zero-order chi connectivity index (χ0) is 27.5. The molecular formula is C30H40Cl2N4. The van der Waals surface area contributed by atoms with Crippen LogP contribution in [0.25, 0.3) is 21.8 Å². The van der Waals surface area contributed by atoms with Crippen LogP contribution >= 0.6 is 0 Å². The lowest BCUT2D eigenvalue weighted by atomic mass is 10.1. The van der Waals surface area contributed by atoms with E-state index >= 15 is 0 Å². The second kappa shape index (κ2) is 14.2. The molecule has 4 aromatic rings. The molecule has 4 N–H and O–H groups in total. The lowest BCUT2D eigenvalue weighted by Crippen LogP contribution is -3.00. The smallest absolute Gasteiger partial charge is 0.214 e. The number of nitrogens with zero attached hydrogens (tertiary/aromatic N) is 2. The summed E-state index contributed by atoms with van der Waals surface area (Å²) in [7, 11) is 0. The minimum absolute atomic E-state index is 0. The molecule has 36 heavy (non-hydrogen) atoms. The molecule has 0 saturated carbocycles. The van der Waals surface area contributed by atoms with Gasteiger partial charge in [0.15, 0.2) is 11.4 Å². The van der Waals surface area contributed by atoms with Gasteiger partial charge in [-0.3, -0.25) is 0 Å². The van der Waals surface area contributed by atoms with Gasteiger partial charge in [-0.15, -0.1) is 0 Å². The quantitative estimate of drug-likeness (QED) is 0.214. The number of hydrogen-bond acceptors (Lipinski definition) is 2. The van der Waals surface area contributed by atoms with Gasteiger partial charge in [0.05, 0.1) is 22.1 Å². The molecule has 4 rings (SSSR count). The molecule has 0 amide bonds. The second-order valence-corrected chi connectivity index (χ2v) is 9.12. The summed E-state index contributed by atoms with van der Waals surface area (Å²) in [4.78, 5) is 0. The number of rotatable bonds is 11. The van der Waals surface area contributed by atoms with Crippen LogP contribution in [0.1, 0.15) is 68.2 Å². The fraction of sp³-hybridized carbons (Fsp3) is 0.400. The number of pyridine rings is 2. The molecule has 0 aliphatic heterocycles. The lowest BCUT2D eigenvalue weighted by molar-refractivity contribution is -0.678. The van der Waals surface area contributed by atoms with Crippen molar-refractivity contribution >= 4 is 33.2 Å². The topological polar surface area (TPSA) is 59.8 Å². The summed E-state index contributed by atoms with van der Waals surface area (Å²) in [5.74, 6) is 0. The van der Waals surface area contributed by atoms with Crippen LogP contribution in [0.15, 0.2) is 60.7 Å². The predicted molar refractivity (Wildman–Crippen MR) is 144 cm³/mol. The number of halogens is 2. The van der Waals surface area contributed by atoms with Gasteiger partial charge in [-0.25, -0.2) is 0 Å². The Balaban J connectivity index is 0.00000280. The van der Waals surface area contributed by atoms with Crippen LogP contribution < -0.4 is 45.4 Å². The third-order valence-electron chi connectivity index (χ3n) is 6.49. The van der Waals surface area contributed by atoms with E-state index in [4.69, 9.17) is 17.0 Å². The van der Waals surface area contributed by atoms with E-state index in [-0.39, 0.29) is 24.8 Å². The number of para-hydroxylation sites is 2. The molecule has 194 valence electrons. The average molecular weight is 532 g/mol. The summed E-state index contributed by atoms with van der Waals surface area (Å²) in [6, 6.07) is 19.1. The summed E-state index contributed by atoms with van der Waals surface area (Å²) >= 11 is 0. The molecule has 2 heterocycles. The monoisotopic (exact) mass is 530 g/mol. The average Bonchev–Trinajstić information content (AvgIpc) is 2.85. The molecule has 6 heteroatoms. The Morgan fingerprint density at radius 2 is 0.917 bits per heavy atom. The van der Waals surface area contributed by atoms with Crippen LogP contribution in [-0.4, -0.2) is 0 Å². The SMILES string of the molecule is [2H]C([2H])(CCCCCCCCC([2H])([2H])[n+]1c(C)cc(N)c2ccccc21)[n+]1c(C)cc(N)c2ccccc21.[Cl-].[Cl-]. The summed E-state index contributed by atoms with van der Waals surface area (Å²) < 4.78 is 38.7. The Kier molecular flexibility index (Phi) is 9.43. The van der Waals surface area contributed by atoms with E-state index in [0.717, 1.165) is 71.7 Å². The Morgan fingerprint density at radius 3 is 1.31 bits per heavy atom. The first kappa shape index (κ1) is 23.8. The van der Waals surface area contributed by atoms with Gasteiger partial charge in [0, 0.05) is 51.0 Å². The number of nitrogens with two attached hydrogens (primary N) is 2. The fourth-order valence-electron chi connectivity index (χ4n) is 4.70. The van der Waals surface area contributed by atoms with Gasteiger partial charge in [0.1, 0.15) is 18.5 Å². The van der Waals surface area contributed by atoms with Crippen molar-refractivity contribution in [1.82, 2.24) is 0 Å². The molecule has 4 nitrogen and oxygen atoms in total. The highest BCUT2D eigenvalue weighted by molar-refractivity contribution is 5.88. The number of anilines is 2. The van der Waals surface area contributed by atoms with Gasteiger partial charge in [-0.2, -0.15) is 9.13 Å². The molecule has 0 aliphatic rings. The summed E-state index contributed by atoms with van der Waals surface area (Å²) in [5, 5.41) is 1.75.